The van der Waals surface area contributed by atoms with Crippen molar-refractivity contribution in [3.63, 3.8) is 0 Å². The topological polar surface area (TPSA) is 58.0 Å². The fraction of sp³-hybridized carbons (Fsp3) is 0.429. The number of aryl methyl sites for hydroxylation is 2. The van der Waals surface area contributed by atoms with Gasteiger partial charge in [-0.1, -0.05) is 23.2 Å². The Bertz CT molecular complexity index is 685. The van der Waals surface area contributed by atoms with E-state index in [1.54, 1.807) is 0 Å². The van der Waals surface area contributed by atoms with Gasteiger partial charge in [0.1, 0.15) is 0 Å². The molecule has 1 fully saturated rings. The summed E-state index contributed by atoms with van der Waals surface area (Å²) in [6, 6.07) is 3.81. The third-order valence-electron chi connectivity index (χ3n) is 3.74. The fourth-order valence-corrected chi connectivity index (χ4v) is 2.81. The molecule has 6 nitrogen and oxygen atoms in total. The van der Waals surface area contributed by atoms with Crippen molar-refractivity contribution in [2.24, 2.45) is 0 Å². The van der Waals surface area contributed by atoms with Gasteiger partial charge in [-0.25, -0.2) is 0 Å². The van der Waals surface area contributed by atoms with Gasteiger partial charge >= 0.3 is 0 Å². The smallest absolute Gasteiger partial charge is 0.154 e. The predicted octanol–water partition coefficient (Wildman–Crippen LogP) is 2.52. The molecule has 0 aromatic carbocycles. The van der Waals surface area contributed by atoms with Crippen LogP contribution in [0.15, 0.2) is 12.1 Å². The first-order valence-electron chi connectivity index (χ1n) is 7.04. The Balaban J connectivity index is 1.70. The number of nitrogens with zero attached hydrogens (tertiary/aromatic N) is 6. The van der Waals surface area contributed by atoms with Gasteiger partial charge in [-0.05, 0) is 37.1 Å². The fourth-order valence-electron chi connectivity index (χ4n) is 2.52. The van der Waals surface area contributed by atoms with Crippen LogP contribution < -0.4 is 9.80 Å². The van der Waals surface area contributed by atoms with Gasteiger partial charge < -0.3 is 9.80 Å². The number of halogens is 2. The lowest BCUT2D eigenvalue weighted by Crippen LogP contribution is -2.47. The molecule has 0 amide bonds. The van der Waals surface area contributed by atoms with Gasteiger partial charge in [0.25, 0.3) is 0 Å². The molecular weight excluding hydrogens is 323 g/mol. The molecule has 116 valence electrons. The molecule has 0 radical (unpaired) electrons. The highest BCUT2D eigenvalue weighted by atomic mass is 35.5. The monoisotopic (exact) mass is 338 g/mol. The lowest BCUT2D eigenvalue weighted by atomic mass is 10.2. The second kappa shape index (κ2) is 6.22. The minimum absolute atomic E-state index is 0.423. The number of anilines is 2. The summed E-state index contributed by atoms with van der Waals surface area (Å²) in [5.41, 5.74) is 1.98. The molecule has 3 heterocycles. The number of hydrogen-bond donors (Lipinski definition) is 0. The normalized spacial score (nSPS) is 15.3. The Morgan fingerprint density at radius 3 is 2.14 bits per heavy atom. The molecule has 8 heteroatoms. The summed E-state index contributed by atoms with van der Waals surface area (Å²) in [5.74, 6) is 1.75. The van der Waals surface area contributed by atoms with Gasteiger partial charge in [0.2, 0.25) is 0 Å². The van der Waals surface area contributed by atoms with E-state index in [0.29, 0.717) is 10.3 Å². The Hall–Kier alpha value is -1.66. The SMILES string of the molecule is Cc1cc(N2CCN(c3nnc(Cl)cc3C)CC2)nnc1Cl. The lowest BCUT2D eigenvalue weighted by molar-refractivity contribution is 0.633. The van der Waals surface area contributed by atoms with Gasteiger partial charge in [0, 0.05) is 26.2 Å². The summed E-state index contributed by atoms with van der Waals surface area (Å²) in [6.45, 7) is 7.32. The first-order valence-corrected chi connectivity index (χ1v) is 7.80. The Labute approximate surface area is 139 Å². The first-order chi connectivity index (χ1) is 10.5. The molecule has 0 N–H and O–H groups in total. The lowest BCUT2D eigenvalue weighted by Gasteiger charge is -2.36. The van der Waals surface area contributed by atoms with Gasteiger partial charge in [0.15, 0.2) is 21.9 Å². The highest BCUT2D eigenvalue weighted by Crippen LogP contribution is 2.22. The average molecular weight is 339 g/mol. The van der Waals surface area contributed by atoms with Crippen molar-refractivity contribution >= 4 is 34.8 Å². The van der Waals surface area contributed by atoms with Gasteiger partial charge in [-0.3, -0.25) is 0 Å². The van der Waals surface area contributed by atoms with Crippen molar-refractivity contribution in [1.29, 1.82) is 0 Å². The summed E-state index contributed by atoms with van der Waals surface area (Å²) >= 11 is 11.8. The van der Waals surface area contributed by atoms with E-state index in [9.17, 15) is 0 Å². The maximum Gasteiger partial charge on any atom is 0.154 e. The molecule has 2 aromatic heterocycles. The number of aromatic nitrogens is 4. The van der Waals surface area contributed by atoms with Crippen LogP contribution in [-0.4, -0.2) is 46.6 Å². The number of rotatable bonds is 2. The highest BCUT2D eigenvalue weighted by Gasteiger charge is 2.21. The summed E-state index contributed by atoms with van der Waals surface area (Å²) in [5, 5.41) is 17.2. The average Bonchev–Trinajstić information content (AvgIpc) is 2.50. The Morgan fingerprint density at radius 2 is 1.50 bits per heavy atom. The third-order valence-corrected chi connectivity index (χ3v) is 4.30. The van der Waals surface area contributed by atoms with E-state index >= 15 is 0 Å². The molecule has 0 aliphatic carbocycles. The molecule has 0 atom stereocenters. The summed E-state index contributed by atoms with van der Waals surface area (Å²) in [7, 11) is 0. The molecule has 0 saturated carbocycles. The summed E-state index contributed by atoms with van der Waals surface area (Å²) in [6.07, 6.45) is 0. The summed E-state index contributed by atoms with van der Waals surface area (Å²) in [4.78, 5) is 4.41. The molecule has 0 spiro atoms. The van der Waals surface area contributed by atoms with Crippen LogP contribution in [0.1, 0.15) is 11.1 Å². The number of piperazine rings is 1. The molecule has 3 rings (SSSR count). The summed E-state index contributed by atoms with van der Waals surface area (Å²) < 4.78 is 0. The van der Waals surface area contributed by atoms with Crippen molar-refractivity contribution in [2.75, 3.05) is 36.0 Å². The Kier molecular flexibility index (Phi) is 4.31. The zero-order valence-corrected chi connectivity index (χ0v) is 13.9. The van der Waals surface area contributed by atoms with Crippen molar-refractivity contribution in [2.45, 2.75) is 13.8 Å². The van der Waals surface area contributed by atoms with Crippen LogP contribution in [0.5, 0.6) is 0 Å². The van der Waals surface area contributed by atoms with Crippen LogP contribution in [0.25, 0.3) is 0 Å². The molecule has 1 aliphatic heterocycles. The van der Waals surface area contributed by atoms with Crippen LogP contribution in [0.4, 0.5) is 11.6 Å². The standard InChI is InChI=1S/C14H16Cl2N6/c1-9-8-12(18-19-13(9)16)21-3-5-22(6-4-21)14-10(2)7-11(15)17-20-14/h7-8H,3-6H2,1-2H3. The van der Waals surface area contributed by atoms with Gasteiger partial charge in [0.05, 0.1) is 0 Å². The molecule has 22 heavy (non-hydrogen) atoms. The van der Waals surface area contributed by atoms with Gasteiger partial charge in [-0.15, -0.1) is 20.4 Å². The largest absolute Gasteiger partial charge is 0.352 e. The molecule has 1 saturated heterocycles. The minimum Gasteiger partial charge on any atom is -0.352 e. The van der Waals surface area contributed by atoms with Crippen molar-refractivity contribution in [1.82, 2.24) is 20.4 Å². The van der Waals surface area contributed by atoms with E-state index in [4.69, 9.17) is 23.2 Å². The van der Waals surface area contributed by atoms with Crippen molar-refractivity contribution < 1.29 is 0 Å². The van der Waals surface area contributed by atoms with Crippen molar-refractivity contribution in [3.05, 3.63) is 33.6 Å². The van der Waals surface area contributed by atoms with Crippen LogP contribution in [0, 0.1) is 13.8 Å². The molecule has 1 aliphatic rings. The Morgan fingerprint density at radius 1 is 0.818 bits per heavy atom. The zero-order valence-electron chi connectivity index (χ0n) is 12.4. The van der Waals surface area contributed by atoms with E-state index in [1.807, 2.05) is 26.0 Å². The quantitative estimate of drug-likeness (QED) is 0.838. The first kappa shape index (κ1) is 15.2. The number of hydrogen-bond acceptors (Lipinski definition) is 6. The highest BCUT2D eigenvalue weighted by molar-refractivity contribution is 6.30. The predicted molar refractivity (Wildman–Crippen MR) is 88.0 cm³/mol. The molecule has 0 unspecified atom stereocenters. The van der Waals surface area contributed by atoms with E-state index in [2.05, 4.69) is 30.2 Å². The van der Waals surface area contributed by atoms with Crippen molar-refractivity contribution in [3.8, 4) is 0 Å². The van der Waals surface area contributed by atoms with Crippen LogP contribution in [-0.2, 0) is 0 Å². The zero-order chi connectivity index (χ0) is 15.7. The van der Waals surface area contributed by atoms with E-state index in [-0.39, 0.29) is 0 Å². The van der Waals surface area contributed by atoms with E-state index < -0.39 is 0 Å². The molecular formula is C14H16Cl2N6. The molecule has 2 aromatic rings. The van der Waals surface area contributed by atoms with Crippen LogP contribution in [0.2, 0.25) is 10.3 Å². The third kappa shape index (κ3) is 3.08. The van der Waals surface area contributed by atoms with Crippen LogP contribution >= 0.6 is 23.2 Å². The minimum atomic E-state index is 0.423. The maximum atomic E-state index is 5.93. The van der Waals surface area contributed by atoms with E-state index in [1.165, 1.54) is 0 Å². The molecule has 0 bridgehead atoms. The second-order valence-corrected chi connectivity index (χ2v) is 6.07. The maximum absolute atomic E-state index is 5.93. The van der Waals surface area contributed by atoms with E-state index in [0.717, 1.165) is 48.9 Å². The second-order valence-electron chi connectivity index (χ2n) is 5.32. The van der Waals surface area contributed by atoms with Gasteiger partial charge in [-0.2, -0.15) is 0 Å². The van der Waals surface area contributed by atoms with Crippen LogP contribution in [0.3, 0.4) is 0 Å².